The average molecular weight is 252 g/mol. The van der Waals surface area contributed by atoms with E-state index in [0.29, 0.717) is 11.5 Å². The third kappa shape index (κ3) is 3.92. The van der Waals surface area contributed by atoms with E-state index in [1.807, 2.05) is 12.1 Å². The minimum Gasteiger partial charge on any atom is -0.493 e. The number of primary amides is 1. The van der Waals surface area contributed by atoms with Gasteiger partial charge in [0.2, 0.25) is 0 Å². The molecule has 0 spiro atoms. The van der Waals surface area contributed by atoms with Crippen molar-refractivity contribution in [3.05, 3.63) is 23.8 Å². The fourth-order valence-electron chi connectivity index (χ4n) is 1.65. The van der Waals surface area contributed by atoms with Crippen molar-refractivity contribution in [3.63, 3.8) is 0 Å². The highest BCUT2D eigenvalue weighted by molar-refractivity contribution is 5.75. The maximum absolute atomic E-state index is 10.7. The number of hydrogen-bond donors (Lipinski definition) is 2. The van der Waals surface area contributed by atoms with Crippen molar-refractivity contribution < 1.29 is 14.3 Å². The Morgan fingerprint density at radius 1 is 1.44 bits per heavy atom. The number of benzene rings is 1. The van der Waals surface area contributed by atoms with Crippen LogP contribution in [0.1, 0.15) is 25.5 Å². The fraction of sp³-hybridized carbons (Fsp3) is 0.462. The molecule has 1 unspecified atom stereocenters. The first-order chi connectivity index (χ1) is 8.58. The van der Waals surface area contributed by atoms with E-state index < -0.39 is 5.91 Å². The summed E-state index contributed by atoms with van der Waals surface area (Å²) in [6.07, 6.45) is 0. The van der Waals surface area contributed by atoms with Gasteiger partial charge in [0, 0.05) is 6.04 Å². The topological polar surface area (TPSA) is 73.6 Å². The molecule has 0 aliphatic carbocycles. The van der Waals surface area contributed by atoms with Crippen LogP contribution in [-0.2, 0) is 4.79 Å². The molecule has 1 atom stereocenters. The zero-order valence-electron chi connectivity index (χ0n) is 11.0. The van der Waals surface area contributed by atoms with Crippen molar-refractivity contribution in [2.75, 3.05) is 20.3 Å². The van der Waals surface area contributed by atoms with Gasteiger partial charge in [0.15, 0.2) is 18.1 Å². The Labute approximate surface area is 107 Å². The molecule has 100 valence electrons. The van der Waals surface area contributed by atoms with Gasteiger partial charge in [-0.2, -0.15) is 0 Å². The summed E-state index contributed by atoms with van der Waals surface area (Å²) in [6.45, 7) is 4.86. The number of methoxy groups -OCH3 is 1. The second-order valence-electron chi connectivity index (χ2n) is 3.94. The molecule has 0 aliphatic rings. The van der Waals surface area contributed by atoms with E-state index >= 15 is 0 Å². The van der Waals surface area contributed by atoms with Crippen molar-refractivity contribution in [1.82, 2.24) is 5.32 Å². The largest absolute Gasteiger partial charge is 0.493 e. The van der Waals surface area contributed by atoms with Crippen LogP contribution in [0.2, 0.25) is 0 Å². The Hall–Kier alpha value is -1.75. The normalized spacial score (nSPS) is 11.9. The fourth-order valence-corrected chi connectivity index (χ4v) is 1.65. The van der Waals surface area contributed by atoms with Crippen LogP contribution in [0.4, 0.5) is 0 Å². The molecule has 5 heteroatoms. The number of rotatable bonds is 7. The van der Waals surface area contributed by atoms with E-state index in [0.717, 1.165) is 12.1 Å². The molecule has 1 rings (SSSR count). The molecule has 1 aromatic rings. The average Bonchev–Trinajstić information content (AvgIpc) is 2.36. The van der Waals surface area contributed by atoms with Gasteiger partial charge in [-0.3, -0.25) is 4.79 Å². The maximum atomic E-state index is 10.7. The second-order valence-corrected chi connectivity index (χ2v) is 3.94. The number of nitrogens with one attached hydrogen (secondary N) is 1. The zero-order chi connectivity index (χ0) is 13.5. The summed E-state index contributed by atoms with van der Waals surface area (Å²) in [7, 11) is 1.56. The Bertz CT molecular complexity index is 407. The summed E-state index contributed by atoms with van der Waals surface area (Å²) in [6, 6.07) is 5.84. The third-order valence-corrected chi connectivity index (χ3v) is 2.57. The lowest BCUT2D eigenvalue weighted by Crippen LogP contribution is -2.20. The molecular weight excluding hydrogens is 232 g/mol. The molecule has 0 aliphatic heterocycles. The van der Waals surface area contributed by atoms with Gasteiger partial charge >= 0.3 is 0 Å². The van der Waals surface area contributed by atoms with Gasteiger partial charge in [-0.25, -0.2) is 0 Å². The number of carbonyl (C=O) groups is 1. The summed E-state index contributed by atoms with van der Waals surface area (Å²) in [5.41, 5.74) is 6.13. The molecule has 0 saturated heterocycles. The SMILES string of the molecule is CCNC(C)c1ccc(OCC(N)=O)c(OC)c1. The van der Waals surface area contributed by atoms with Crippen LogP contribution in [0.3, 0.4) is 0 Å². The van der Waals surface area contributed by atoms with E-state index in [1.165, 1.54) is 0 Å². The van der Waals surface area contributed by atoms with E-state index in [2.05, 4.69) is 19.2 Å². The number of carbonyl (C=O) groups excluding carboxylic acids is 1. The van der Waals surface area contributed by atoms with Gasteiger partial charge in [0.1, 0.15) is 0 Å². The van der Waals surface area contributed by atoms with Crippen LogP contribution in [0.5, 0.6) is 11.5 Å². The highest BCUT2D eigenvalue weighted by Gasteiger charge is 2.10. The molecule has 0 saturated carbocycles. The Morgan fingerprint density at radius 3 is 2.72 bits per heavy atom. The predicted molar refractivity (Wildman–Crippen MR) is 69.8 cm³/mol. The minimum absolute atomic E-state index is 0.154. The first-order valence-electron chi connectivity index (χ1n) is 5.90. The zero-order valence-corrected chi connectivity index (χ0v) is 11.0. The van der Waals surface area contributed by atoms with Gasteiger partial charge < -0.3 is 20.5 Å². The molecule has 5 nitrogen and oxygen atoms in total. The maximum Gasteiger partial charge on any atom is 0.255 e. The quantitative estimate of drug-likeness (QED) is 0.765. The summed E-state index contributed by atoms with van der Waals surface area (Å²) in [5.74, 6) is 0.601. The van der Waals surface area contributed by atoms with Gasteiger partial charge in [-0.1, -0.05) is 13.0 Å². The van der Waals surface area contributed by atoms with Crippen LogP contribution < -0.4 is 20.5 Å². The second kappa shape index (κ2) is 6.86. The predicted octanol–water partition coefficient (Wildman–Crippen LogP) is 1.23. The summed E-state index contributed by atoms with van der Waals surface area (Å²) < 4.78 is 10.5. The van der Waals surface area contributed by atoms with Crippen LogP contribution in [0, 0.1) is 0 Å². The molecule has 1 aromatic carbocycles. The van der Waals surface area contributed by atoms with Crippen LogP contribution in [0.15, 0.2) is 18.2 Å². The summed E-state index contributed by atoms with van der Waals surface area (Å²) in [4.78, 5) is 10.7. The third-order valence-electron chi connectivity index (χ3n) is 2.57. The van der Waals surface area contributed by atoms with E-state index in [4.69, 9.17) is 15.2 Å². The first-order valence-corrected chi connectivity index (χ1v) is 5.90. The standard InChI is InChI=1S/C13H20N2O3/c1-4-15-9(2)10-5-6-11(12(7-10)17-3)18-8-13(14)16/h5-7,9,15H,4,8H2,1-3H3,(H2,14,16). The molecule has 0 heterocycles. The first kappa shape index (κ1) is 14.3. The highest BCUT2D eigenvalue weighted by Crippen LogP contribution is 2.30. The Kier molecular flexibility index (Phi) is 5.45. The summed E-state index contributed by atoms with van der Waals surface area (Å²) >= 11 is 0. The van der Waals surface area contributed by atoms with E-state index in [9.17, 15) is 4.79 Å². The highest BCUT2D eigenvalue weighted by atomic mass is 16.5. The molecule has 0 fully saturated rings. The molecule has 0 aromatic heterocycles. The van der Waals surface area contributed by atoms with Gasteiger partial charge in [-0.15, -0.1) is 0 Å². The van der Waals surface area contributed by atoms with Gasteiger partial charge in [-0.05, 0) is 31.2 Å². The van der Waals surface area contributed by atoms with Gasteiger partial charge in [0.25, 0.3) is 5.91 Å². The molecule has 0 bridgehead atoms. The molecule has 0 radical (unpaired) electrons. The van der Waals surface area contributed by atoms with Crippen molar-refractivity contribution in [3.8, 4) is 11.5 Å². The minimum atomic E-state index is -0.512. The summed E-state index contributed by atoms with van der Waals surface area (Å²) in [5, 5.41) is 3.31. The van der Waals surface area contributed by atoms with Crippen LogP contribution >= 0.6 is 0 Å². The number of hydrogen-bond acceptors (Lipinski definition) is 4. The van der Waals surface area contributed by atoms with Crippen molar-refractivity contribution in [2.24, 2.45) is 5.73 Å². The van der Waals surface area contributed by atoms with Crippen molar-refractivity contribution in [2.45, 2.75) is 19.9 Å². The lowest BCUT2D eigenvalue weighted by atomic mass is 10.1. The lowest BCUT2D eigenvalue weighted by Gasteiger charge is -2.16. The van der Waals surface area contributed by atoms with E-state index in [1.54, 1.807) is 13.2 Å². The number of ether oxygens (including phenoxy) is 2. The molecule has 3 N–H and O–H groups in total. The smallest absolute Gasteiger partial charge is 0.255 e. The Morgan fingerprint density at radius 2 is 2.17 bits per heavy atom. The molecule has 1 amide bonds. The van der Waals surface area contributed by atoms with Gasteiger partial charge in [0.05, 0.1) is 7.11 Å². The van der Waals surface area contributed by atoms with Crippen LogP contribution in [0.25, 0.3) is 0 Å². The number of amides is 1. The van der Waals surface area contributed by atoms with Crippen molar-refractivity contribution in [1.29, 1.82) is 0 Å². The van der Waals surface area contributed by atoms with E-state index in [-0.39, 0.29) is 12.6 Å². The molecule has 18 heavy (non-hydrogen) atoms. The number of nitrogens with two attached hydrogens (primary N) is 1. The Balaban J connectivity index is 2.85. The van der Waals surface area contributed by atoms with Crippen molar-refractivity contribution >= 4 is 5.91 Å². The monoisotopic (exact) mass is 252 g/mol. The lowest BCUT2D eigenvalue weighted by molar-refractivity contribution is -0.119. The van der Waals surface area contributed by atoms with Crippen LogP contribution in [-0.4, -0.2) is 26.2 Å². The molecular formula is C13H20N2O3.